The number of hydrogen-bond donors (Lipinski definition) is 2. The first-order valence-electron chi connectivity index (χ1n) is 9.36. The average Bonchev–Trinajstić information content (AvgIpc) is 3.18. The second kappa shape index (κ2) is 8.75. The van der Waals surface area contributed by atoms with E-state index >= 15 is 0 Å². The normalized spacial score (nSPS) is 10.7. The molecule has 0 aliphatic rings. The standard InChI is InChI=1S/C23H18ClN3O3S/c1-13-6-7-15(22-25-19-12-17(29-2)8-9-20(19)30-22)11-18(13)26-23(31)27-21(28)14-4-3-5-16(24)10-14/h3-12H,1-2H3,(H2,26,27,28,31). The van der Waals surface area contributed by atoms with E-state index in [0.29, 0.717) is 33.3 Å². The fraction of sp³-hybridized carbons (Fsp3) is 0.0870. The summed E-state index contributed by atoms with van der Waals surface area (Å²) in [4.78, 5) is 16.9. The van der Waals surface area contributed by atoms with Crippen LogP contribution in [-0.4, -0.2) is 23.1 Å². The highest BCUT2D eigenvalue weighted by atomic mass is 35.5. The van der Waals surface area contributed by atoms with Gasteiger partial charge in [-0.15, -0.1) is 0 Å². The predicted molar refractivity (Wildman–Crippen MR) is 126 cm³/mol. The highest BCUT2D eigenvalue weighted by Gasteiger charge is 2.13. The Balaban J connectivity index is 1.54. The number of amides is 1. The number of nitrogens with one attached hydrogen (secondary N) is 2. The van der Waals surface area contributed by atoms with Gasteiger partial charge in [0.05, 0.1) is 7.11 Å². The molecule has 0 saturated carbocycles. The summed E-state index contributed by atoms with van der Waals surface area (Å²) in [5, 5.41) is 6.38. The van der Waals surface area contributed by atoms with Gasteiger partial charge in [0.15, 0.2) is 10.7 Å². The zero-order valence-corrected chi connectivity index (χ0v) is 18.3. The Hall–Kier alpha value is -3.42. The van der Waals surface area contributed by atoms with Gasteiger partial charge in [-0.1, -0.05) is 23.7 Å². The zero-order chi connectivity index (χ0) is 22.0. The summed E-state index contributed by atoms with van der Waals surface area (Å²) in [5.74, 6) is 0.835. The zero-order valence-electron chi connectivity index (χ0n) is 16.7. The summed E-state index contributed by atoms with van der Waals surface area (Å²) in [6, 6.07) is 17.8. The van der Waals surface area contributed by atoms with Crippen LogP contribution >= 0.6 is 23.8 Å². The van der Waals surface area contributed by atoms with Crippen molar-refractivity contribution in [1.82, 2.24) is 10.3 Å². The van der Waals surface area contributed by atoms with Crippen molar-refractivity contribution < 1.29 is 13.9 Å². The number of aromatic nitrogens is 1. The van der Waals surface area contributed by atoms with Crippen LogP contribution in [0, 0.1) is 6.92 Å². The van der Waals surface area contributed by atoms with Gasteiger partial charge in [0.1, 0.15) is 11.3 Å². The molecule has 0 spiro atoms. The number of oxazole rings is 1. The van der Waals surface area contributed by atoms with E-state index < -0.39 is 0 Å². The van der Waals surface area contributed by atoms with Crippen LogP contribution in [0.1, 0.15) is 15.9 Å². The number of ether oxygens (including phenoxy) is 1. The Morgan fingerprint density at radius 2 is 1.97 bits per heavy atom. The van der Waals surface area contributed by atoms with Crippen LogP contribution in [0.2, 0.25) is 5.02 Å². The summed E-state index contributed by atoms with van der Waals surface area (Å²) in [7, 11) is 1.61. The molecule has 0 aliphatic heterocycles. The highest BCUT2D eigenvalue weighted by Crippen LogP contribution is 2.29. The van der Waals surface area contributed by atoms with Crippen LogP contribution in [0.3, 0.4) is 0 Å². The molecule has 4 aromatic rings. The molecule has 156 valence electrons. The summed E-state index contributed by atoms with van der Waals surface area (Å²) in [6.07, 6.45) is 0. The molecule has 0 bridgehead atoms. The van der Waals surface area contributed by atoms with E-state index in [9.17, 15) is 4.79 Å². The molecule has 1 aromatic heterocycles. The summed E-state index contributed by atoms with van der Waals surface area (Å²) in [6.45, 7) is 1.93. The Kier molecular flexibility index (Phi) is 5.88. The van der Waals surface area contributed by atoms with Gasteiger partial charge in [-0.2, -0.15) is 0 Å². The van der Waals surface area contributed by atoms with Crippen LogP contribution in [0.25, 0.3) is 22.6 Å². The van der Waals surface area contributed by atoms with E-state index in [-0.39, 0.29) is 11.0 Å². The number of nitrogens with zero attached hydrogens (tertiary/aromatic N) is 1. The second-order valence-electron chi connectivity index (χ2n) is 6.80. The highest BCUT2D eigenvalue weighted by molar-refractivity contribution is 7.80. The third-order valence-electron chi connectivity index (χ3n) is 4.64. The maximum Gasteiger partial charge on any atom is 0.257 e. The molecule has 1 amide bonds. The Morgan fingerprint density at radius 1 is 1.13 bits per heavy atom. The fourth-order valence-electron chi connectivity index (χ4n) is 3.01. The van der Waals surface area contributed by atoms with Crippen molar-refractivity contribution in [3.63, 3.8) is 0 Å². The Bertz CT molecular complexity index is 1300. The van der Waals surface area contributed by atoms with Gasteiger partial charge in [0, 0.05) is 27.9 Å². The van der Waals surface area contributed by atoms with E-state index in [1.54, 1.807) is 31.4 Å². The van der Waals surface area contributed by atoms with Crippen LogP contribution < -0.4 is 15.4 Å². The number of carbonyl (C=O) groups is 1. The first-order valence-corrected chi connectivity index (χ1v) is 10.1. The molecule has 0 aliphatic carbocycles. The minimum atomic E-state index is -0.346. The molecular formula is C23H18ClN3O3S. The van der Waals surface area contributed by atoms with Crippen molar-refractivity contribution >= 4 is 51.6 Å². The van der Waals surface area contributed by atoms with Gasteiger partial charge in [-0.25, -0.2) is 4.98 Å². The molecule has 1 heterocycles. The molecule has 8 heteroatoms. The molecule has 3 aromatic carbocycles. The average molecular weight is 452 g/mol. The number of carbonyl (C=O) groups excluding carboxylic acids is 1. The SMILES string of the molecule is COc1ccc2oc(-c3ccc(C)c(NC(=S)NC(=O)c4cccc(Cl)c4)c3)nc2c1. The lowest BCUT2D eigenvalue weighted by molar-refractivity contribution is 0.0977. The summed E-state index contributed by atoms with van der Waals surface area (Å²) >= 11 is 11.3. The summed E-state index contributed by atoms with van der Waals surface area (Å²) in [5.41, 5.74) is 4.23. The predicted octanol–water partition coefficient (Wildman–Crippen LogP) is 5.59. The number of halogens is 1. The number of hydrogen-bond acceptors (Lipinski definition) is 5. The third kappa shape index (κ3) is 4.68. The minimum absolute atomic E-state index is 0.174. The molecule has 0 fully saturated rings. The first kappa shape index (κ1) is 20.8. The van der Waals surface area contributed by atoms with E-state index in [1.165, 1.54) is 0 Å². The number of anilines is 1. The molecule has 0 atom stereocenters. The van der Waals surface area contributed by atoms with Crippen molar-refractivity contribution in [3.05, 3.63) is 76.8 Å². The number of methoxy groups -OCH3 is 1. The van der Waals surface area contributed by atoms with Crippen LogP contribution in [-0.2, 0) is 0 Å². The molecule has 0 saturated heterocycles. The quantitative estimate of drug-likeness (QED) is 0.394. The summed E-state index contributed by atoms with van der Waals surface area (Å²) < 4.78 is 11.1. The van der Waals surface area contributed by atoms with Crippen molar-refractivity contribution in [2.75, 3.05) is 12.4 Å². The largest absolute Gasteiger partial charge is 0.497 e. The maximum absolute atomic E-state index is 12.4. The fourth-order valence-corrected chi connectivity index (χ4v) is 3.40. The van der Waals surface area contributed by atoms with Crippen molar-refractivity contribution in [3.8, 4) is 17.2 Å². The van der Waals surface area contributed by atoms with Crippen molar-refractivity contribution in [2.45, 2.75) is 6.92 Å². The number of benzene rings is 3. The van der Waals surface area contributed by atoms with E-state index in [0.717, 1.165) is 16.8 Å². The van der Waals surface area contributed by atoms with Gasteiger partial charge in [-0.05, 0) is 67.2 Å². The van der Waals surface area contributed by atoms with Crippen LogP contribution in [0.5, 0.6) is 5.75 Å². The second-order valence-corrected chi connectivity index (χ2v) is 7.65. The lowest BCUT2D eigenvalue weighted by Crippen LogP contribution is -2.34. The first-order chi connectivity index (χ1) is 14.9. The van der Waals surface area contributed by atoms with Gasteiger partial charge < -0.3 is 14.5 Å². The Labute approximate surface area is 189 Å². The molecule has 4 rings (SSSR count). The van der Waals surface area contributed by atoms with E-state index in [1.807, 2.05) is 43.3 Å². The molecule has 6 nitrogen and oxygen atoms in total. The molecule has 31 heavy (non-hydrogen) atoms. The van der Waals surface area contributed by atoms with Gasteiger partial charge in [-0.3, -0.25) is 10.1 Å². The number of aryl methyl sites for hydroxylation is 1. The van der Waals surface area contributed by atoms with Gasteiger partial charge in [0.25, 0.3) is 5.91 Å². The molecular weight excluding hydrogens is 434 g/mol. The van der Waals surface area contributed by atoms with Gasteiger partial charge in [0.2, 0.25) is 5.89 Å². The maximum atomic E-state index is 12.4. The number of fused-ring (bicyclic) bond motifs is 1. The lowest BCUT2D eigenvalue weighted by atomic mass is 10.1. The number of rotatable bonds is 4. The van der Waals surface area contributed by atoms with Crippen LogP contribution in [0.15, 0.2) is 65.1 Å². The minimum Gasteiger partial charge on any atom is -0.497 e. The van der Waals surface area contributed by atoms with E-state index in [2.05, 4.69) is 15.6 Å². The van der Waals surface area contributed by atoms with Gasteiger partial charge >= 0.3 is 0 Å². The van der Waals surface area contributed by atoms with E-state index in [4.69, 9.17) is 33.0 Å². The van der Waals surface area contributed by atoms with Crippen molar-refractivity contribution in [1.29, 1.82) is 0 Å². The van der Waals surface area contributed by atoms with Crippen LogP contribution in [0.4, 0.5) is 5.69 Å². The molecule has 2 N–H and O–H groups in total. The molecule has 0 unspecified atom stereocenters. The monoisotopic (exact) mass is 451 g/mol. The van der Waals surface area contributed by atoms with Crippen molar-refractivity contribution in [2.24, 2.45) is 0 Å². The lowest BCUT2D eigenvalue weighted by Gasteiger charge is -2.12. The third-order valence-corrected chi connectivity index (χ3v) is 5.08. The topological polar surface area (TPSA) is 76.4 Å². The Morgan fingerprint density at radius 3 is 2.74 bits per heavy atom. The number of thiocarbonyl (C=S) groups is 1. The smallest absolute Gasteiger partial charge is 0.257 e. The molecule has 0 radical (unpaired) electrons.